The molecule has 2 aliphatic heterocycles. The molecule has 0 saturated carbocycles. The summed E-state index contributed by atoms with van der Waals surface area (Å²) < 4.78 is 23.2. The minimum Gasteiger partial charge on any atom is -0.378 e. The van der Waals surface area contributed by atoms with Crippen molar-refractivity contribution in [2.75, 3.05) is 39.6 Å². The molecular weight excluding hydrogens is 388 g/mol. The van der Waals surface area contributed by atoms with Gasteiger partial charge in [0.25, 0.3) is 0 Å². The van der Waals surface area contributed by atoms with Gasteiger partial charge in [-0.3, -0.25) is 0 Å². The Kier molecular flexibility index (Phi) is 5.25. The molecule has 0 radical (unpaired) electrons. The van der Waals surface area contributed by atoms with Crippen LogP contribution in [0.4, 0.5) is 0 Å². The Balaban J connectivity index is 1.44. The topological polar surface area (TPSA) is 43.5 Å². The molecule has 3 aliphatic rings. The van der Waals surface area contributed by atoms with Crippen molar-refractivity contribution in [1.29, 1.82) is 0 Å². The lowest BCUT2D eigenvalue weighted by atomic mass is 9.72. The average Bonchev–Trinajstić information content (AvgIpc) is 3.65. The molecule has 0 bridgehead atoms. The predicted molar refractivity (Wildman–Crippen MR) is 122 cm³/mol. The Hall–Kier alpha value is -1.72. The summed E-state index contributed by atoms with van der Waals surface area (Å²) >= 11 is 0. The lowest BCUT2D eigenvalue weighted by Crippen LogP contribution is -2.30. The number of fused-ring (bicyclic) bond motifs is 3. The van der Waals surface area contributed by atoms with E-state index in [1.807, 2.05) is 0 Å². The van der Waals surface area contributed by atoms with Crippen molar-refractivity contribution in [3.63, 3.8) is 0 Å². The first-order valence-corrected chi connectivity index (χ1v) is 11.5. The van der Waals surface area contributed by atoms with Crippen molar-refractivity contribution in [3.8, 4) is 11.1 Å². The number of hydrogen-bond acceptors (Lipinski definition) is 4. The molecule has 2 aromatic carbocycles. The number of epoxide rings is 2. The Labute approximate surface area is 185 Å². The first-order valence-electron chi connectivity index (χ1n) is 11.5. The van der Waals surface area contributed by atoms with Gasteiger partial charge in [0.05, 0.1) is 26.4 Å². The molecule has 4 nitrogen and oxygen atoms in total. The van der Waals surface area contributed by atoms with Crippen molar-refractivity contribution < 1.29 is 18.9 Å². The van der Waals surface area contributed by atoms with Crippen LogP contribution in [-0.2, 0) is 24.4 Å². The molecular formula is C27H34O4. The quantitative estimate of drug-likeness (QED) is 0.401. The molecule has 2 unspecified atom stereocenters. The smallest absolute Gasteiger partial charge is 0.112 e. The average molecular weight is 423 g/mol. The first-order chi connectivity index (χ1) is 14.8. The van der Waals surface area contributed by atoms with Crippen LogP contribution in [0.5, 0.6) is 0 Å². The summed E-state index contributed by atoms with van der Waals surface area (Å²) in [5.74, 6) is 0. The van der Waals surface area contributed by atoms with E-state index in [2.05, 4.69) is 64.1 Å². The minimum atomic E-state index is -0.0979. The maximum absolute atomic E-state index is 6.12. The van der Waals surface area contributed by atoms with E-state index >= 15 is 0 Å². The van der Waals surface area contributed by atoms with E-state index < -0.39 is 0 Å². The maximum atomic E-state index is 6.12. The van der Waals surface area contributed by atoms with Crippen LogP contribution in [0.1, 0.15) is 48.9 Å². The molecule has 0 aromatic heterocycles. The van der Waals surface area contributed by atoms with Gasteiger partial charge in [0.2, 0.25) is 0 Å². The van der Waals surface area contributed by atoms with E-state index in [0.717, 1.165) is 26.1 Å². The van der Waals surface area contributed by atoms with Gasteiger partial charge in [-0.05, 0) is 62.8 Å². The van der Waals surface area contributed by atoms with Crippen LogP contribution >= 0.6 is 0 Å². The Morgan fingerprint density at radius 3 is 1.55 bits per heavy atom. The van der Waals surface area contributed by atoms with E-state index in [9.17, 15) is 0 Å². The van der Waals surface area contributed by atoms with Gasteiger partial charge in [0.1, 0.15) is 11.2 Å². The third-order valence-corrected chi connectivity index (χ3v) is 7.11. The molecule has 166 valence electrons. The van der Waals surface area contributed by atoms with Gasteiger partial charge in [-0.1, -0.05) is 47.5 Å². The Morgan fingerprint density at radius 2 is 1.16 bits per heavy atom. The van der Waals surface area contributed by atoms with Crippen molar-refractivity contribution >= 4 is 0 Å². The molecule has 2 saturated heterocycles. The van der Waals surface area contributed by atoms with E-state index in [0.29, 0.717) is 26.4 Å². The van der Waals surface area contributed by atoms with Gasteiger partial charge >= 0.3 is 0 Å². The van der Waals surface area contributed by atoms with Gasteiger partial charge in [0.15, 0.2) is 0 Å². The highest BCUT2D eigenvalue weighted by Gasteiger charge is 2.44. The monoisotopic (exact) mass is 422 g/mol. The zero-order valence-electron chi connectivity index (χ0n) is 19.3. The highest BCUT2D eigenvalue weighted by molar-refractivity contribution is 5.81. The molecule has 2 fully saturated rings. The summed E-state index contributed by atoms with van der Waals surface area (Å²) in [6.07, 6.45) is 1.88. The second-order valence-corrected chi connectivity index (χ2v) is 10.3. The Morgan fingerprint density at radius 1 is 0.742 bits per heavy atom. The number of aryl methyl sites for hydroxylation is 2. The van der Waals surface area contributed by atoms with Gasteiger partial charge in [0, 0.05) is 18.6 Å². The van der Waals surface area contributed by atoms with Gasteiger partial charge < -0.3 is 18.9 Å². The largest absolute Gasteiger partial charge is 0.378 e. The van der Waals surface area contributed by atoms with Crippen LogP contribution < -0.4 is 0 Å². The third kappa shape index (κ3) is 4.19. The third-order valence-electron chi connectivity index (χ3n) is 7.11. The number of hydrogen-bond donors (Lipinski definition) is 0. The van der Waals surface area contributed by atoms with Gasteiger partial charge in [-0.15, -0.1) is 0 Å². The maximum Gasteiger partial charge on any atom is 0.112 e. The summed E-state index contributed by atoms with van der Waals surface area (Å²) in [7, 11) is 0. The molecule has 5 rings (SSSR count). The fourth-order valence-corrected chi connectivity index (χ4v) is 4.87. The zero-order chi connectivity index (χ0) is 21.7. The lowest BCUT2D eigenvalue weighted by Gasteiger charge is -2.33. The second kappa shape index (κ2) is 7.70. The standard InChI is InChI=1S/C27H34O4/c1-19-5-7-21-22-8-6-20(2)14-24(22)27(23(21)13-19,9-11-28-15-25(3)17-30-25)10-12-29-16-26(4)18-31-26/h5-8,13-14H,9-12,15-18H2,1-4H3. The minimum absolute atomic E-state index is 0.0748. The van der Waals surface area contributed by atoms with Crippen molar-refractivity contribution in [3.05, 3.63) is 58.7 Å². The molecule has 4 heteroatoms. The van der Waals surface area contributed by atoms with Crippen LogP contribution in [0, 0.1) is 13.8 Å². The zero-order valence-corrected chi connectivity index (χ0v) is 19.3. The summed E-state index contributed by atoms with van der Waals surface area (Å²) in [5.41, 5.74) is 7.90. The van der Waals surface area contributed by atoms with Crippen LogP contribution in [0.25, 0.3) is 11.1 Å². The number of ether oxygens (including phenoxy) is 4. The van der Waals surface area contributed by atoms with E-state index in [1.54, 1.807) is 0 Å². The van der Waals surface area contributed by atoms with Crippen LogP contribution in [0.3, 0.4) is 0 Å². The fourth-order valence-electron chi connectivity index (χ4n) is 4.87. The predicted octanol–water partition coefficient (Wildman–Crippen LogP) is 4.96. The van der Waals surface area contributed by atoms with Crippen molar-refractivity contribution in [1.82, 2.24) is 0 Å². The lowest BCUT2D eigenvalue weighted by molar-refractivity contribution is 0.0578. The molecule has 1 aliphatic carbocycles. The normalized spacial score (nSPS) is 27.1. The molecule has 0 spiro atoms. The number of benzene rings is 2. The van der Waals surface area contributed by atoms with Crippen molar-refractivity contribution in [2.45, 2.75) is 57.2 Å². The van der Waals surface area contributed by atoms with Gasteiger partial charge in [-0.25, -0.2) is 0 Å². The van der Waals surface area contributed by atoms with Gasteiger partial charge in [-0.2, -0.15) is 0 Å². The summed E-state index contributed by atoms with van der Waals surface area (Å²) in [6, 6.07) is 13.8. The van der Waals surface area contributed by atoms with E-state index in [4.69, 9.17) is 18.9 Å². The van der Waals surface area contributed by atoms with Crippen LogP contribution in [-0.4, -0.2) is 50.8 Å². The molecule has 2 aromatic rings. The Bertz CT molecular complexity index is 892. The van der Waals surface area contributed by atoms with Crippen molar-refractivity contribution in [2.24, 2.45) is 0 Å². The highest BCUT2D eigenvalue weighted by Crippen LogP contribution is 2.53. The SMILES string of the molecule is Cc1ccc2c(c1)C(CCOCC1(C)CO1)(CCOCC1(C)CO1)c1cc(C)ccc1-2. The summed E-state index contributed by atoms with van der Waals surface area (Å²) in [6.45, 7) is 12.9. The number of rotatable bonds is 10. The molecule has 0 N–H and O–H groups in total. The summed E-state index contributed by atoms with van der Waals surface area (Å²) in [5, 5.41) is 0. The van der Waals surface area contributed by atoms with E-state index in [1.165, 1.54) is 33.4 Å². The molecule has 2 heterocycles. The second-order valence-electron chi connectivity index (χ2n) is 10.3. The van der Waals surface area contributed by atoms with Crippen LogP contribution in [0.2, 0.25) is 0 Å². The first kappa shape index (κ1) is 21.1. The summed E-state index contributed by atoms with van der Waals surface area (Å²) in [4.78, 5) is 0. The molecule has 2 atom stereocenters. The molecule has 31 heavy (non-hydrogen) atoms. The molecule has 0 amide bonds. The van der Waals surface area contributed by atoms with Crippen LogP contribution in [0.15, 0.2) is 36.4 Å². The fraction of sp³-hybridized carbons (Fsp3) is 0.556. The highest BCUT2D eigenvalue weighted by atomic mass is 16.6. The van der Waals surface area contributed by atoms with E-state index in [-0.39, 0.29) is 16.6 Å².